The van der Waals surface area contributed by atoms with Crippen molar-refractivity contribution in [1.82, 2.24) is 5.32 Å². The van der Waals surface area contributed by atoms with Gasteiger partial charge in [-0.25, -0.2) is 13.2 Å². The second-order valence-corrected chi connectivity index (χ2v) is 3.52. The van der Waals surface area contributed by atoms with E-state index in [4.69, 9.17) is 0 Å². The molecule has 4 heteroatoms. The minimum atomic E-state index is -1.28. The van der Waals surface area contributed by atoms with E-state index in [9.17, 15) is 13.2 Å². The average Bonchev–Trinajstić information content (AvgIpc) is 1.98. The minimum Gasteiger partial charge on any atom is -0.316 e. The molecule has 1 saturated heterocycles. The van der Waals surface area contributed by atoms with Crippen molar-refractivity contribution in [2.75, 3.05) is 13.1 Å². The molecule has 0 amide bonds. The van der Waals surface area contributed by atoms with Crippen LogP contribution in [-0.4, -0.2) is 13.1 Å². The maximum absolute atomic E-state index is 13.6. The predicted molar refractivity (Wildman–Crippen MR) is 46.6 cm³/mol. The van der Waals surface area contributed by atoms with Crippen LogP contribution in [0.1, 0.15) is 11.7 Å². The topological polar surface area (TPSA) is 12.0 Å². The summed E-state index contributed by atoms with van der Waals surface area (Å²) in [6.45, 7) is 1.14. The van der Waals surface area contributed by atoms with Crippen LogP contribution in [-0.2, 0) is 0 Å². The van der Waals surface area contributed by atoms with Crippen molar-refractivity contribution in [2.24, 2.45) is 5.92 Å². The van der Waals surface area contributed by atoms with E-state index in [0.29, 0.717) is 13.1 Å². The molecule has 0 aromatic heterocycles. The standard InChI is InChI=1S/C10H10F3N/c11-8-1-6(2-9(12)3-8)10(13)7-4-14-5-7/h1-3,7,10,14H,4-5H2. The van der Waals surface area contributed by atoms with Crippen LogP contribution in [0.2, 0.25) is 0 Å². The van der Waals surface area contributed by atoms with E-state index in [1.54, 1.807) is 0 Å². The van der Waals surface area contributed by atoms with E-state index in [1.165, 1.54) is 0 Å². The Morgan fingerprint density at radius 3 is 2.14 bits per heavy atom. The number of nitrogens with one attached hydrogen (secondary N) is 1. The molecule has 14 heavy (non-hydrogen) atoms. The molecule has 0 radical (unpaired) electrons. The first-order chi connectivity index (χ1) is 6.66. The van der Waals surface area contributed by atoms with E-state index in [-0.39, 0.29) is 11.5 Å². The molecule has 1 N–H and O–H groups in total. The highest BCUT2D eigenvalue weighted by Crippen LogP contribution is 2.29. The lowest BCUT2D eigenvalue weighted by molar-refractivity contribution is 0.170. The van der Waals surface area contributed by atoms with Crippen molar-refractivity contribution in [3.05, 3.63) is 35.4 Å². The number of hydrogen-bond donors (Lipinski definition) is 1. The largest absolute Gasteiger partial charge is 0.316 e. The van der Waals surface area contributed by atoms with Crippen LogP contribution in [0.4, 0.5) is 13.2 Å². The van der Waals surface area contributed by atoms with Gasteiger partial charge in [-0.15, -0.1) is 0 Å². The summed E-state index contributed by atoms with van der Waals surface area (Å²) >= 11 is 0. The molecule has 1 unspecified atom stereocenters. The molecule has 76 valence electrons. The van der Waals surface area contributed by atoms with Crippen LogP contribution in [0.25, 0.3) is 0 Å². The molecule has 1 aliphatic rings. The smallest absolute Gasteiger partial charge is 0.131 e. The molecule has 1 aromatic rings. The van der Waals surface area contributed by atoms with Crippen molar-refractivity contribution in [3.8, 4) is 0 Å². The number of benzene rings is 1. The van der Waals surface area contributed by atoms with E-state index in [1.807, 2.05) is 0 Å². The molecule has 0 saturated carbocycles. The van der Waals surface area contributed by atoms with Gasteiger partial charge in [0, 0.05) is 25.1 Å². The summed E-state index contributed by atoms with van der Waals surface area (Å²) in [4.78, 5) is 0. The lowest BCUT2D eigenvalue weighted by Gasteiger charge is -2.30. The number of halogens is 3. The number of hydrogen-bond acceptors (Lipinski definition) is 1. The van der Waals surface area contributed by atoms with Gasteiger partial charge in [0.2, 0.25) is 0 Å². The summed E-state index contributed by atoms with van der Waals surface area (Å²) in [5.74, 6) is -1.61. The normalized spacial score (nSPS) is 19.1. The summed E-state index contributed by atoms with van der Waals surface area (Å²) in [7, 11) is 0. The van der Waals surface area contributed by atoms with Gasteiger partial charge in [0.15, 0.2) is 0 Å². The van der Waals surface area contributed by atoms with E-state index < -0.39 is 17.8 Å². The molecule has 1 aliphatic heterocycles. The fourth-order valence-electron chi connectivity index (χ4n) is 1.52. The number of alkyl halides is 1. The lowest BCUT2D eigenvalue weighted by atomic mass is 9.92. The van der Waals surface area contributed by atoms with Gasteiger partial charge < -0.3 is 5.32 Å². The van der Waals surface area contributed by atoms with Crippen LogP contribution in [0, 0.1) is 17.6 Å². The molecule has 2 rings (SSSR count). The third-order valence-electron chi connectivity index (χ3n) is 2.43. The first-order valence-electron chi connectivity index (χ1n) is 4.47. The monoisotopic (exact) mass is 201 g/mol. The maximum Gasteiger partial charge on any atom is 0.131 e. The highest BCUT2D eigenvalue weighted by Gasteiger charge is 2.28. The maximum atomic E-state index is 13.6. The average molecular weight is 201 g/mol. The Labute approximate surface area is 79.9 Å². The van der Waals surface area contributed by atoms with Gasteiger partial charge in [-0.3, -0.25) is 0 Å². The molecule has 1 atom stereocenters. The molecular weight excluding hydrogens is 191 g/mol. The molecule has 1 aromatic carbocycles. The van der Waals surface area contributed by atoms with E-state index >= 15 is 0 Å². The third kappa shape index (κ3) is 1.75. The quantitative estimate of drug-likeness (QED) is 0.773. The molecular formula is C10H10F3N. The van der Waals surface area contributed by atoms with Crippen LogP contribution < -0.4 is 5.32 Å². The first kappa shape index (κ1) is 9.52. The van der Waals surface area contributed by atoms with Gasteiger partial charge in [0.05, 0.1) is 0 Å². The number of rotatable bonds is 2. The molecule has 1 nitrogen and oxygen atoms in total. The summed E-state index contributed by atoms with van der Waals surface area (Å²) < 4.78 is 39.1. The molecule has 1 heterocycles. The Kier molecular flexibility index (Phi) is 2.46. The summed E-state index contributed by atoms with van der Waals surface area (Å²) in [5, 5.41) is 2.91. The fraction of sp³-hybridized carbons (Fsp3) is 0.400. The molecule has 1 fully saturated rings. The predicted octanol–water partition coefficient (Wildman–Crippen LogP) is 2.19. The molecule has 0 bridgehead atoms. The van der Waals surface area contributed by atoms with Crippen molar-refractivity contribution >= 4 is 0 Å². The second kappa shape index (κ2) is 3.61. The van der Waals surface area contributed by atoms with Crippen LogP contribution in [0.3, 0.4) is 0 Å². The van der Waals surface area contributed by atoms with E-state index in [2.05, 4.69) is 5.32 Å². The van der Waals surface area contributed by atoms with Gasteiger partial charge in [-0.05, 0) is 17.7 Å². The van der Waals surface area contributed by atoms with Crippen molar-refractivity contribution in [2.45, 2.75) is 6.17 Å². The van der Waals surface area contributed by atoms with Crippen molar-refractivity contribution in [1.29, 1.82) is 0 Å². The Morgan fingerprint density at radius 2 is 1.71 bits per heavy atom. The zero-order valence-corrected chi connectivity index (χ0v) is 7.43. The second-order valence-electron chi connectivity index (χ2n) is 3.52. The fourth-order valence-corrected chi connectivity index (χ4v) is 1.52. The summed E-state index contributed by atoms with van der Waals surface area (Å²) in [5.41, 5.74) is 0.0917. The van der Waals surface area contributed by atoms with Crippen molar-refractivity contribution in [3.63, 3.8) is 0 Å². The van der Waals surface area contributed by atoms with Gasteiger partial charge in [-0.2, -0.15) is 0 Å². The first-order valence-corrected chi connectivity index (χ1v) is 4.47. The Bertz CT molecular complexity index is 316. The lowest BCUT2D eigenvalue weighted by Crippen LogP contribution is -2.44. The highest BCUT2D eigenvalue weighted by molar-refractivity contribution is 5.21. The van der Waals surface area contributed by atoms with Gasteiger partial charge >= 0.3 is 0 Å². The van der Waals surface area contributed by atoms with Crippen molar-refractivity contribution < 1.29 is 13.2 Å². The minimum absolute atomic E-state index is 0.0917. The van der Waals surface area contributed by atoms with Gasteiger partial charge in [-0.1, -0.05) is 0 Å². The SMILES string of the molecule is Fc1cc(F)cc(C(F)C2CNC2)c1. The molecule has 0 aliphatic carbocycles. The van der Waals surface area contributed by atoms with E-state index in [0.717, 1.165) is 18.2 Å². The highest BCUT2D eigenvalue weighted by atomic mass is 19.1. The van der Waals surface area contributed by atoms with Crippen LogP contribution in [0.15, 0.2) is 18.2 Å². The zero-order valence-electron chi connectivity index (χ0n) is 7.43. The Balaban J connectivity index is 2.21. The zero-order chi connectivity index (χ0) is 10.1. The van der Waals surface area contributed by atoms with Crippen LogP contribution in [0.5, 0.6) is 0 Å². The Hall–Kier alpha value is -1.03. The van der Waals surface area contributed by atoms with Crippen LogP contribution >= 0.6 is 0 Å². The summed E-state index contributed by atoms with van der Waals surface area (Å²) in [6, 6.07) is 2.84. The van der Waals surface area contributed by atoms with Gasteiger partial charge in [0.1, 0.15) is 17.8 Å². The third-order valence-corrected chi connectivity index (χ3v) is 2.43. The van der Waals surface area contributed by atoms with Gasteiger partial charge in [0.25, 0.3) is 0 Å². The summed E-state index contributed by atoms with van der Waals surface area (Å²) in [6.07, 6.45) is -1.28. The molecule has 0 spiro atoms. The Morgan fingerprint density at radius 1 is 1.14 bits per heavy atom.